The molecular weight excluding hydrogens is 253 g/mol. The topological polar surface area (TPSA) is 46.2 Å². The van der Waals surface area contributed by atoms with Crippen molar-refractivity contribution in [2.24, 2.45) is 0 Å². The van der Waals surface area contributed by atoms with E-state index in [2.05, 4.69) is 4.72 Å². The number of halogens is 1. The Balaban J connectivity index is 2.37. The van der Waals surface area contributed by atoms with Crippen molar-refractivity contribution in [1.29, 1.82) is 0 Å². The number of hydrogen-bond acceptors (Lipinski definition) is 2. The molecule has 2 rings (SSSR count). The van der Waals surface area contributed by atoms with E-state index in [0.29, 0.717) is 5.56 Å². The summed E-state index contributed by atoms with van der Waals surface area (Å²) in [6.45, 7) is 0. The summed E-state index contributed by atoms with van der Waals surface area (Å²) in [6, 6.07) is 13.3. The third-order valence-electron chi connectivity index (χ3n) is 2.36. The maximum Gasteiger partial charge on any atom is 0.229 e. The lowest BCUT2D eigenvalue weighted by Gasteiger charge is -2.07. The number of nitrogens with one attached hydrogen (secondary N) is 1. The minimum absolute atomic E-state index is 0.217. The number of sulfonamides is 1. The van der Waals surface area contributed by atoms with Gasteiger partial charge in [-0.25, -0.2) is 12.8 Å². The second-order valence-corrected chi connectivity index (χ2v) is 5.68. The van der Waals surface area contributed by atoms with Gasteiger partial charge in [0.15, 0.2) is 0 Å². The van der Waals surface area contributed by atoms with Crippen LogP contribution in [0.25, 0.3) is 11.1 Å². The second kappa shape index (κ2) is 4.78. The van der Waals surface area contributed by atoms with Crippen LogP contribution in [0.1, 0.15) is 0 Å². The van der Waals surface area contributed by atoms with Crippen LogP contribution in [0.2, 0.25) is 0 Å². The van der Waals surface area contributed by atoms with Gasteiger partial charge in [0.25, 0.3) is 0 Å². The van der Waals surface area contributed by atoms with Gasteiger partial charge in [0, 0.05) is 5.56 Å². The Labute approximate surface area is 105 Å². The normalized spacial score (nSPS) is 11.2. The lowest BCUT2D eigenvalue weighted by atomic mass is 10.1. The first kappa shape index (κ1) is 12.6. The predicted octanol–water partition coefficient (Wildman–Crippen LogP) is 2.86. The first-order chi connectivity index (χ1) is 8.46. The molecule has 0 aromatic heterocycles. The molecule has 0 fully saturated rings. The molecular formula is C13H12FNO2S. The van der Waals surface area contributed by atoms with E-state index in [1.165, 1.54) is 12.1 Å². The largest absolute Gasteiger partial charge is 0.284 e. The van der Waals surface area contributed by atoms with E-state index >= 15 is 0 Å². The highest BCUT2D eigenvalue weighted by molar-refractivity contribution is 7.92. The van der Waals surface area contributed by atoms with Crippen molar-refractivity contribution in [3.05, 3.63) is 54.3 Å². The average molecular weight is 265 g/mol. The molecule has 94 valence electrons. The number of benzene rings is 2. The van der Waals surface area contributed by atoms with Crippen LogP contribution >= 0.6 is 0 Å². The summed E-state index contributed by atoms with van der Waals surface area (Å²) in [6.07, 6.45) is 1.02. The van der Waals surface area contributed by atoms with E-state index < -0.39 is 15.8 Å². The zero-order chi connectivity index (χ0) is 13.2. The van der Waals surface area contributed by atoms with Crippen LogP contribution in [0.5, 0.6) is 0 Å². The summed E-state index contributed by atoms with van der Waals surface area (Å²) in [4.78, 5) is 0. The van der Waals surface area contributed by atoms with Crippen LogP contribution in [-0.2, 0) is 10.0 Å². The second-order valence-electron chi connectivity index (χ2n) is 3.93. The van der Waals surface area contributed by atoms with Crippen molar-refractivity contribution in [2.75, 3.05) is 11.0 Å². The van der Waals surface area contributed by atoms with Gasteiger partial charge in [-0.1, -0.05) is 30.3 Å². The molecule has 18 heavy (non-hydrogen) atoms. The van der Waals surface area contributed by atoms with Crippen LogP contribution < -0.4 is 4.72 Å². The highest BCUT2D eigenvalue weighted by Crippen LogP contribution is 2.25. The summed E-state index contributed by atoms with van der Waals surface area (Å²) in [5.41, 5.74) is 1.41. The Morgan fingerprint density at radius 2 is 1.72 bits per heavy atom. The first-order valence-electron chi connectivity index (χ1n) is 5.28. The minimum Gasteiger partial charge on any atom is -0.284 e. The Morgan fingerprint density at radius 3 is 2.28 bits per heavy atom. The van der Waals surface area contributed by atoms with Gasteiger partial charge in [-0.3, -0.25) is 4.72 Å². The SMILES string of the molecule is CS(=O)(=O)Nc1ccc(-c2ccccc2)c(F)c1. The molecule has 5 heteroatoms. The zero-order valence-electron chi connectivity index (χ0n) is 9.72. The number of anilines is 1. The van der Waals surface area contributed by atoms with E-state index in [1.807, 2.05) is 18.2 Å². The van der Waals surface area contributed by atoms with Crippen LogP contribution in [0.4, 0.5) is 10.1 Å². The third kappa shape index (κ3) is 3.07. The molecule has 0 spiro atoms. The van der Waals surface area contributed by atoms with Crippen molar-refractivity contribution >= 4 is 15.7 Å². The Morgan fingerprint density at radius 1 is 1.06 bits per heavy atom. The van der Waals surface area contributed by atoms with Crippen LogP contribution in [0.3, 0.4) is 0 Å². The molecule has 0 unspecified atom stereocenters. The smallest absolute Gasteiger partial charge is 0.229 e. The summed E-state index contributed by atoms with van der Waals surface area (Å²) in [7, 11) is -3.39. The summed E-state index contributed by atoms with van der Waals surface area (Å²) in [5.74, 6) is -0.463. The third-order valence-corrected chi connectivity index (χ3v) is 2.96. The van der Waals surface area contributed by atoms with Crippen molar-refractivity contribution in [1.82, 2.24) is 0 Å². The average Bonchev–Trinajstić information content (AvgIpc) is 2.28. The summed E-state index contributed by atoms with van der Waals surface area (Å²) < 4.78 is 38.2. The lowest BCUT2D eigenvalue weighted by Crippen LogP contribution is -2.09. The minimum atomic E-state index is -3.39. The molecule has 0 radical (unpaired) electrons. The Kier molecular flexibility index (Phi) is 3.34. The van der Waals surface area contributed by atoms with Crippen molar-refractivity contribution in [2.45, 2.75) is 0 Å². The van der Waals surface area contributed by atoms with Gasteiger partial charge in [-0.15, -0.1) is 0 Å². The molecule has 0 atom stereocenters. The van der Waals surface area contributed by atoms with E-state index in [9.17, 15) is 12.8 Å². The fourth-order valence-electron chi connectivity index (χ4n) is 1.64. The molecule has 0 saturated heterocycles. The van der Waals surface area contributed by atoms with Crippen molar-refractivity contribution < 1.29 is 12.8 Å². The van der Waals surface area contributed by atoms with Gasteiger partial charge < -0.3 is 0 Å². The van der Waals surface area contributed by atoms with E-state index in [0.717, 1.165) is 11.8 Å². The number of hydrogen-bond donors (Lipinski definition) is 1. The summed E-state index contributed by atoms with van der Waals surface area (Å²) >= 11 is 0. The van der Waals surface area contributed by atoms with Crippen LogP contribution in [-0.4, -0.2) is 14.7 Å². The lowest BCUT2D eigenvalue weighted by molar-refractivity contribution is 0.606. The van der Waals surface area contributed by atoms with Crippen molar-refractivity contribution in [3.63, 3.8) is 0 Å². The molecule has 1 N–H and O–H groups in total. The quantitative estimate of drug-likeness (QED) is 0.927. The zero-order valence-corrected chi connectivity index (χ0v) is 10.5. The van der Waals surface area contributed by atoms with Gasteiger partial charge in [-0.2, -0.15) is 0 Å². The summed E-state index contributed by atoms with van der Waals surface area (Å²) in [5, 5.41) is 0. The van der Waals surface area contributed by atoms with Crippen molar-refractivity contribution in [3.8, 4) is 11.1 Å². The fourth-order valence-corrected chi connectivity index (χ4v) is 2.20. The van der Waals surface area contributed by atoms with Gasteiger partial charge >= 0.3 is 0 Å². The molecule has 2 aromatic carbocycles. The molecule has 2 aromatic rings. The molecule has 0 aliphatic rings. The molecule has 0 bridgehead atoms. The van der Waals surface area contributed by atoms with Gasteiger partial charge in [0.2, 0.25) is 10.0 Å². The molecule has 0 amide bonds. The van der Waals surface area contributed by atoms with Gasteiger partial charge in [0.05, 0.1) is 11.9 Å². The van der Waals surface area contributed by atoms with Gasteiger partial charge in [0.1, 0.15) is 5.82 Å². The molecule has 0 saturated carbocycles. The maximum atomic E-state index is 13.9. The highest BCUT2D eigenvalue weighted by Gasteiger charge is 2.08. The number of rotatable bonds is 3. The molecule has 3 nitrogen and oxygen atoms in total. The molecule has 0 heterocycles. The fraction of sp³-hybridized carbons (Fsp3) is 0.0769. The predicted molar refractivity (Wildman–Crippen MR) is 70.3 cm³/mol. The molecule has 0 aliphatic carbocycles. The maximum absolute atomic E-state index is 13.9. The van der Waals surface area contributed by atoms with E-state index in [1.54, 1.807) is 18.2 Å². The van der Waals surface area contributed by atoms with Crippen LogP contribution in [0.15, 0.2) is 48.5 Å². The van der Waals surface area contributed by atoms with E-state index in [4.69, 9.17) is 0 Å². The monoisotopic (exact) mass is 265 g/mol. The molecule has 0 aliphatic heterocycles. The Bertz CT molecular complexity index is 654. The highest BCUT2D eigenvalue weighted by atomic mass is 32.2. The standard InChI is InChI=1S/C13H12FNO2S/c1-18(16,17)15-11-7-8-12(13(14)9-11)10-5-3-2-4-6-10/h2-9,15H,1H3. The first-order valence-corrected chi connectivity index (χ1v) is 7.17. The van der Waals surface area contributed by atoms with E-state index in [-0.39, 0.29) is 5.69 Å². The van der Waals surface area contributed by atoms with Crippen LogP contribution in [0, 0.1) is 5.82 Å². The van der Waals surface area contributed by atoms with Gasteiger partial charge in [-0.05, 0) is 23.8 Å². The Hall–Kier alpha value is -1.88.